The topological polar surface area (TPSA) is 77.8 Å². The molecule has 0 saturated carbocycles. The summed E-state index contributed by atoms with van der Waals surface area (Å²) in [5.74, 6) is -2.26. The molecule has 6 nitrogen and oxygen atoms in total. The van der Waals surface area contributed by atoms with Gasteiger partial charge in [0, 0.05) is 38.3 Å². The quantitative estimate of drug-likeness (QED) is 0.293. The zero-order chi connectivity index (χ0) is 25.8. The summed E-state index contributed by atoms with van der Waals surface area (Å²) < 4.78 is 11.8. The highest BCUT2D eigenvalue weighted by molar-refractivity contribution is 9.10. The van der Waals surface area contributed by atoms with Gasteiger partial charge in [0.2, 0.25) is 0 Å². The van der Waals surface area contributed by atoms with Crippen molar-refractivity contribution < 1.29 is 19.1 Å². The molecule has 186 valence electrons. The van der Waals surface area contributed by atoms with Crippen LogP contribution < -0.4 is 0 Å². The molecule has 8 heteroatoms. The summed E-state index contributed by atoms with van der Waals surface area (Å²) in [5, 5.41) is 2.81. The van der Waals surface area contributed by atoms with Gasteiger partial charge in [-0.15, -0.1) is 11.3 Å². The Morgan fingerprint density at radius 3 is 2.39 bits per heavy atom. The van der Waals surface area contributed by atoms with E-state index in [-0.39, 0.29) is 13.2 Å². The lowest BCUT2D eigenvalue weighted by Gasteiger charge is -2.32. The van der Waals surface area contributed by atoms with Crippen LogP contribution >= 0.6 is 27.3 Å². The fourth-order valence-electron chi connectivity index (χ4n) is 4.50. The van der Waals surface area contributed by atoms with Gasteiger partial charge < -0.3 is 9.47 Å². The van der Waals surface area contributed by atoms with Crippen LogP contribution in [0.15, 0.2) is 74.6 Å². The summed E-state index contributed by atoms with van der Waals surface area (Å²) in [6, 6.07) is 15.7. The second-order valence-corrected chi connectivity index (χ2v) is 10.1. The highest BCUT2D eigenvalue weighted by Gasteiger charge is 2.43. The molecule has 2 heterocycles. The van der Waals surface area contributed by atoms with Gasteiger partial charge in [-0.3, -0.25) is 9.79 Å². The largest absolute Gasteiger partial charge is 0.465 e. The number of carbonyl (C=O) groups is 2. The van der Waals surface area contributed by atoms with Gasteiger partial charge in [0.05, 0.1) is 24.5 Å². The number of carbonyl (C=O) groups excluding carboxylic acids is 2. The Bertz CT molecular complexity index is 1340. The maximum atomic E-state index is 13.2. The average Bonchev–Trinajstić information content (AvgIpc) is 3.34. The molecule has 3 aromatic rings. The number of hydrogen-bond donors (Lipinski definition) is 0. The summed E-state index contributed by atoms with van der Waals surface area (Å²) in [7, 11) is 0. The molecule has 2 aromatic carbocycles. The maximum Gasteiger partial charge on any atom is 0.336 e. The molecule has 0 aliphatic carbocycles. The summed E-state index contributed by atoms with van der Waals surface area (Å²) in [4.78, 5) is 35.8. The Kier molecular flexibility index (Phi) is 8.16. The summed E-state index contributed by atoms with van der Waals surface area (Å²) in [6.07, 6.45) is 0. The fourth-order valence-corrected chi connectivity index (χ4v) is 5.64. The highest BCUT2D eigenvalue weighted by atomic mass is 79.9. The van der Waals surface area contributed by atoms with Gasteiger partial charge >= 0.3 is 11.9 Å². The van der Waals surface area contributed by atoms with Crippen molar-refractivity contribution in [1.29, 1.82) is 0 Å². The van der Waals surface area contributed by atoms with Crippen molar-refractivity contribution in [3.05, 3.63) is 75.2 Å². The van der Waals surface area contributed by atoms with E-state index < -0.39 is 23.8 Å². The molecule has 0 radical (unpaired) electrons. The maximum absolute atomic E-state index is 13.2. The minimum absolute atomic E-state index is 0.222. The van der Waals surface area contributed by atoms with Gasteiger partial charge in [-0.1, -0.05) is 52.3 Å². The van der Waals surface area contributed by atoms with Gasteiger partial charge in [0.1, 0.15) is 10.9 Å². The van der Waals surface area contributed by atoms with E-state index in [0.29, 0.717) is 17.0 Å². The summed E-state index contributed by atoms with van der Waals surface area (Å²) in [6.45, 7) is 7.57. The molecule has 1 aromatic heterocycles. The number of benzene rings is 2. The van der Waals surface area contributed by atoms with Crippen LogP contribution in [0.1, 0.15) is 39.2 Å². The Balaban J connectivity index is 1.86. The van der Waals surface area contributed by atoms with E-state index in [1.54, 1.807) is 27.7 Å². The molecule has 2 unspecified atom stereocenters. The van der Waals surface area contributed by atoms with Gasteiger partial charge in [-0.25, -0.2) is 9.78 Å². The minimum atomic E-state index is -0.750. The first-order valence-electron chi connectivity index (χ1n) is 11.8. The van der Waals surface area contributed by atoms with E-state index in [1.807, 2.05) is 53.9 Å². The van der Waals surface area contributed by atoms with Gasteiger partial charge in [0.15, 0.2) is 0 Å². The molecule has 0 saturated heterocycles. The van der Waals surface area contributed by atoms with E-state index in [1.165, 1.54) is 11.3 Å². The Hall–Kier alpha value is -3.10. The molecule has 0 fully saturated rings. The molecule has 4 rings (SSSR count). The van der Waals surface area contributed by atoms with Crippen LogP contribution in [0.3, 0.4) is 0 Å². The second kappa shape index (κ2) is 11.3. The van der Waals surface area contributed by atoms with Gasteiger partial charge in [0.25, 0.3) is 0 Å². The molecular weight excluding hydrogens is 540 g/mol. The first-order valence-corrected chi connectivity index (χ1v) is 13.4. The van der Waals surface area contributed by atoms with Crippen LogP contribution in [0.25, 0.3) is 21.8 Å². The number of halogens is 1. The zero-order valence-electron chi connectivity index (χ0n) is 20.6. The van der Waals surface area contributed by atoms with Gasteiger partial charge in [-0.2, -0.15) is 0 Å². The van der Waals surface area contributed by atoms with E-state index >= 15 is 0 Å². The summed E-state index contributed by atoms with van der Waals surface area (Å²) >= 11 is 4.99. The number of esters is 2. The van der Waals surface area contributed by atoms with Crippen molar-refractivity contribution in [3.63, 3.8) is 0 Å². The van der Waals surface area contributed by atoms with Crippen molar-refractivity contribution in [2.45, 2.75) is 33.6 Å². The number of thiazole rings is 1. The monoisotopic (exact) mass is 566 g/mol. The normalized spacial score (nSPS) is 17.5. The van der Waals surface area contributed by atoms with Crippen LogP contribution in [0.5, 0.6) is 0 Å². The molecule has 2 atom stereocenters. The Morgan fingerprint density at radius 1 is 1.00 bits per heavy atom. The molecule has 1 aliphatic heterocycles. The molecule has 0 bridgehead atoms. The van der Waals surface area contributed by atoms with Crippen molar-refractivity contribution in [3.8, 4) is 21.8 Å². The van der Waals surface area contributed by atoms with E-state index in [0.717, 1.165) is 31.9 Å². The highest BCUT2D eigenvalue weighted by Crippen LogP contribution is 2.44. The van der Waals surface area contributed by atoms with Crippen LogP contribution in [0.4, 0.5) is 0 Å². The number of rotatable bonds is 7. The average molecular weight is 568 g/mol. The third kappa shape index (κ3) is 5.20. The van der Waals surface area contributed by atoms with Crippen molar-refractivity contribution in [2.75, 3.05) is 13.2 Å². The standard InChI is InChI=1S/C28H27BrN2O4S/c1-5-34-27(32)23-16(3)30-17(4)24(28(33)35-6-2)25(23)20-9-7-8-10-21(20)26-31-22(15-36-26)18-11-13-19(29)14-12-18/h7-15,23,25H,5-6H2,1-4H3. The number of ether oxygens (including phenoxy) is 2. The molecule has 1 aliphatic rings. The first-order chi connectivity index (χ1) is 17.3. The van der Waals surface area contributed by atoms with Crippen LogP contribution in [0.2, 0.25) is 0 Å². The third-order valence-corrected chi connectivity index (χ3v) is 7.44. The zero-order valence-corrected chi connectivity index (χ0v) is 23.0. The lowest BCUT2D eigenvalue weighted by Crippen LogP contribution is -2.36. The van der Waals surface area contributed by atoms with Gasteiger partial charge in [-0.05, 0) is 45.4 Å². The second-order valence-electron chi connectivity index (χ2n) is 8.31. The predicted octanol–water partition coefficient (Wildman–Crippen LogP) is 6.81. The molecule has 0 N–H and O–H groups in total. The van der Waals surface area contributed by atoms with Crippen LogP contribution in [-0.2, 0) is 19.1 Å². The molecular formula is C28H27BrN2O4S. The lowest BCUT2D eigenvalue weighted by atomic mass is 9.74. The molecule has 0 amide bonds. The van der Waals surface area contributed by atoms with Crippen LogP contribution in [-0.4, -0.2) is 35.8 Å². The van der Waals surface area contributed by atoms with E-state index in [4.69, 9.17) is 14.5 Å². The lowest BCUT2D eigenvalue weighted by molar-refractivity contribution is -0.146. The van der Waals surface area contributed by atoms with E-state index in [2.05, 4.69) is 20.9 Å². The Labute approximate surface area is 223 Å². The number of nitrogens with zero attached hydrogens (tertiary/aromatic N) is 2. The Morgan fingerprint density at radius 2 is 1.69 bits per heavy atom. The number of aliphatic imine (C=N–C) groups is 1. The summed E-state index contributed by atoms with van der Waals surface area (Å²) in [5.41, 5.74) is 5.05. The first kappa shape index (κ1) is 26.0. The number of hydrogen-bond acceptors (Lipinski definition) is 7. The smallest absolute Gasteiger partial charge is 0.336 e. The van der Waals surface area contributed by atoms with E-state index in [9.17, 15) is 9.59 Å². The number of aromatic nitrogens is 1. The fraction of sp³-hybridized carbons (Fsp3) is 0.286. The van der Waals surface area contributed by atoms with Crippen LogP contribution in [0, 0.1) is 5.92 Å². The third-order valence-electron chi connectivity index (χ3n) is 6.03. The number of allylic oxidation sites excluding steroid dienone is 1. The SMILES string of the molecule is CCOC(=O)C1=C(C)N=C(C)C(C(=O)OCC)C1c1ccccc1-c1nc(-c2ccc(Br)cc2)cs1. The minimum Gasteiger partial charge on any atom is -0.465 e. The predicted molar refractivity (Wildman–Crippen MR) is 146 cm³/mol. The van der Waals surface area contributed by atoms with Crippen molar-refractivity contribution in [1.82, 2.24) is 4.98 Å². The van der Waals surface area contributed by atoms with Crippen molar-refractivity contribution >= 4 is 44.9 Å². The van der Waals surface area contributed by atoms with Crippen molar-refractivity contribution in [2.24, 2.45) is 10.9 Å². The molecule has 0 spiro atoms. The molecule has 36 heavy (non-hydrogen) atoms.